The Morgan fingerprint density at radius 2 is 1.76 bits per heavy atom. The van der Waals surface area contributed by atoms with Crippen molar-refractivity contribution in [1.82, 2.24) is 0 Å². The van der Waals surface area contributed by atoms with Gasteiger partial charge in [-0.3, -0.25) is 0 Å². The average molecular weight is 306 g/mol. The van der Waals surface area contributed by atoms with Crippen LogP contribution in [0.2, 0.25) is 5.02 Å². The first-order valence-electron chi connectivity index (χ1n) is 7.29. The van der Waals surface area contributed by atoms with Crippen molar-refractivity contribution in [2.24, 2.45) is 0 Å². The first kappa shape index (κ1) is 14.4. The van der Waals surface area contributed by atoms with Crippen LogP contribution in [-0.4, -0.2) is 26.2 Å². The molecule has 0 atom stereocenters. The van der Waals surface area contributed by atoms with Gasteiger partial charge in [0.15, 0.2) is 0 Å². The number of hydrogen-bond acceptors (Lipinski definition) is 1. The fraction of sp³-hybridized carbons (Fsp3) is 0.294. The highest BCUT2D eigenvalue weighted by Crippen LogP contribution is 2.17. The van der Waals surface area contributed by atoms with E-state index >= 15 is 0 Å². The van der Waals surface area contributed by atoms with Gasteiger partial charge in [-0.05, 0) is 36.4 Å². The van der Waals surface area contributed by atoms with Gasteiger partial charge in [0.1, 0.15) is 12.4 Å². The number of nitrogens with one attached hydrogen (secondary N) is 1. The van der Waals surface area contributed by atoms with Gasteiger partial charge in [0.05, 0.1) is 26.2 Å². The molecule has 4 heteroatoms. The fourth-order valence-corrected chi connectivity index (χ4v) is 2.97. The van der Waals surface area contributed by atoms with Gasteiger partial charge in [-0.2, -0.15) is 0 Å². The van der Waals surface area contributed by atoms with Crippen LogP contribution in [0, 0.1) is 5.82 Å². The van der Waals surface area contributed by atoms with Gasteiger partial charge >= 0.3 is 0 Å². The molecule has 0 unspecified atom stereocenters. The van der Waals surface area contributed by atoms with Crippen LogP contribution in [0.15, 0.2) is 48.5 Å². The molecule has 0 aromatic heterocycles. The van der Waals surface area contributed by atoms with Gasteiger partial charge in [0.2, 0.25) is 0 Å². The molecule has 0 saturated carbocycles. The summed E-state index contributed by atoms with van der Waals surface area (Å²) in [5.41, 5.74) is 2.30. The molecule has 2 aromatic carbocycles. The summed E-state index contributed by atoms with van der Waals surface area (Å²) in [6.45, 7) is 5.07. The van der Waals surface area contributed by atoms with Crippen molar-refractivity contribution < 1.29 is 9.29 Å². The minimum absolute atomic E-state index is 0.147. The molecule has 1 saturated heterocycles. The van der Waals surface area contributed by atoms with Gasteiger partial charge in [-0.1, -0.05) is 23.7 Å². The van der Waals surface area contributed by atoms with Crippen molar-refractivity contribution in [1.29, 1.82) is 0 Å². The number of rotatable bonds is 3. The van der Waals surface area contributed by atoms with Gasteiger partial charge < -0.3 is 9.80 Å². The summed E-state index contributed by atoms with van der Waals surface area (Å²) in [6, 6.07) is 14.9. The highest BCUT2D eigenvalue weighted by atomic mass is 35.5. The minimum atomic E-state index is -0.147. The van der Waals surface area contributed by atoms with Crippen molar-refractivity contribution in [2.45, 2.75) is 6.54 Å². The van der Waals surface area contributed by atoms with Crippen LogP contribution in [0.1, 0.15) is 5.56 Å². The van der Waals surface area contributed by atoms with Crippen molar-refractivity contribution in [3.05, 3.63) is 64.9 Å². The smallest absolute Gasteiger partial charge is 0.123 e. The van der Waals surface area contributed by atoms with Crippen molar-refractivity contribution in [2.75, 3.05) is 31.1 Å². The monoisotopic (exact) mass is 305 g/mol. The molecule has 1 aliphatic rings. The van der Waals surface area contributed by atoms with Crippen molar-refractivity contribution in [3.63, 3.8) is 0 Å². The summed E-state index contributed by atoms with van der Waals surface area (Å²) in [7, 11) is 0. The zero-order valence-electron chi connectivity index (χ0n) is 11.9. The number of anilines is 1. The zero-order valence-corrected chi connectivity index (χ0v) is 12.6. The molecule has 2 aromatic rings. The predicted molar refractivity (Wildman–Crippen MR) is 84.5 cm³/mol. The molecule has 1 aliphatic heterocycles. The topological polar surface area (TPSA) is 7.68 Å². The Kier molecular flexibility index (Phi) is 4.42. The highest BCUT2D eigenvalue weighted by Gasteiger charge is 2.20. The van der Waals surface area contributed by atoms with E-state index < -0.39 is 0 Å². The lowest BCUT2D eigenvalue weighted by Crippen LogP contribution is -3.13. The fourth-order valence-electron chi connectivity index (χ4n) is 2.85. The van der Waals surface area contributed by atoms with Gasteiger partial charge in [0, 0.05) is 16.3 Å². The maximum Gasteiger partial charge on any atom is 0.123 e. The second kappa shape index (κ2) is 6.46. The Hall–Kier alpha value is -1.58. The van der Waals surface area contributed by atoms with E-state index in [0.29, 0.717) is 0 Å². The molecule has 2 nitrogen and oxygen atoms in total. The normalized spacial score (nSPS) is 16.2. The van der Waals surface area contributed by atoms with Crippen LogP contribution in [0.3, 0.4) is 0 Å². The van der Waals surface area contributed by atoms with E-state index in [1.807, 2.05) is 18.2 Å². The van der Waals surface area contributed by atoms with Crippen LogP contribution in [0.5, 0.6) is 0 Å². The van der Waals surface area contributed by atoms with E-state index in [-0.39, 0.29) is 5.82 Å². The zero-order chi connectivity index (χ0) is 14.7. The van der Waals surface area contributed by atoms with Crippen LogP contribution >= 0.6 is 11.6 Å². The number of piperazine rings is 1. The van der Waals surface area contributed by atoms with Crippen molar-refractivity contribution >= 4 is 17.3 Å². The van der Waals surface area contributed by atoms with Crippen LogP contribution in [-0.2, 0) is 6.54 Å². The maximum atomic E-state index is 13.2. The Bertz CT molecular complexity index is 592. The SMILES string of the molecule is Fc1cccc(C[NH+]2CCN(c3ccc(Cl)cc3)CC2)c1. The Labute approximate surface area is 129 Å². The van der Waals surface area contributed by atoms with E-state index in [9.17, 15) is 4.39 Å². The lowest BCUT2D eigenvalue weighted by atomic mass is 10.2. The minimum Gasteiger partial charge on any atom is -0.360 e. The van der Waals surface area contributed by atoms with E-state index in [0.717, 1.165) is 43.3 Å². The summed E-state index contributed by atoms with van der Waals surface area (Å²) in [6.07, 6.45) is 0. The lowest BCUT2D eigenvalue weighted by Gasteiger charge is -2.33. The van der Waals surface area contributed by atoms with E-state index in [1.165, 1.54) is 16.7 Å². The third-order valence-electron chi connectivity index (χ3n) is 4.01. The standard InChI is InChI=1S/C17H18ClFN2/c18-15-4-6-17(7-5-15)21-10-8-20(9-11-21)13-14-2-1-3-16(19)12-14/h1-7,12H,8-11,13H2/p+1. The molecule has 1 N–H and O–H groups in total. The molecule has 0 amide bonds. The number of hydrogen-bond donors (Lipinski definition) is 1. The van der Waals surface area contributed by atoms with Crippen LogP contribution in [0.4, 0.5) is 10.1 Å². The molecule has 21 heavy (non-hydrogen) atoms. The Morgan fingerprint density at radius 3 is 2.43 bits per heavy atom. The first-order chi connectivity index (χ1) is 10.2. The van der Waals surface area contributed by atoms with E-state index in [1.54, 1.807) is 12.1 Å². The van der Waals surface area contributed by atoms with Gasteiger partial charge in [-0.25, -0.2) is 4.39 Å². The molecule has 1 heterocycles. The molecule has 0 aliphatic carbocycles. The molecule has 0 bridgehead atoms. The maximum absolute atomic E-state index is 13.2. The average Bonchev–Trinajstić information content (AvgIpc) is 2.49. The summed E-state index contributed by atoms with van der Waals surface area (Å²) >= 11 is 5.92. The predicted octanol–water partition coefficient (Wildman–Crippen LogP) is 2.38. The second-order valence-corrected chi connectivity index (χ2v) is 5.96. The number of halogens is 2. The molecular formula is C17H19ClFN2+. The van der Waals surface area contributed by atoms with Crippen molar-refractivity contribution in [3.8, 4) is 0 Å². The molecule has 3 rings (SSSR count). The Morgan fingerprint density at radius 1 is 1.05 bits per heavy atom. The summed E-state index contributed by atoms with van der Waals surface area (Å²) in [5.74, 6) is -0.147. The summed E-state index contributed by atoms with van der Waals surface area (Å²) in [4.78, 5) is 3.89. The summed E-state index contributed by atoms with van der Waals surface area (Å²) in [5, 5.41) is 0.772. The number of nitrogens with zero attached hydrogens (tertiary/aromatic N) is 1. The molecule has 0 spiro atoms. The van der Waals surface area contributed by atoms with Crippen LogP contribution < -0.4 is 9.80 Å². The van der Waals surface area contributed by atoms with Gasteiger partial charge in [-0.15, -0.1) is 0 Å². The third-order valence-corrected chi connectivity index (χ3v) is 4.26. The quantitative estimate of drug-likeness (QED) is 0.915. The second-order valence-electron chi connectivity index (χ2n) is 5.52. The first-order valence-corrected chi connectivity index (χ1v) is 7.67. The lowest BCUT2D eigenvalue weighted by molar-refractivity contribution is -0.914. The summed E-state index contributed by atoms with van der Waals surface area (Å²) < 4.78 is 13.2. The largest absolute Gasteiger partial charge is 0.360 e. The third kappa shape index (κ3) is 3.74. The number of benzene rings is 2. The number of quaternary nitrogens is 1. The molecule has 0 radical (unpaired) electrons. The Balaban J connectivity index is 1.56. The van der Waals surface area contributed by atoms with E-state index in [2.05, 4.69) is 17.0 Å². The highest BCUT2D eigenvalue weighted by molar-refractivity contribution is 6.30. The molecule has 110 valence electrons. The molecule has 1 fully saturated rings. The molecular weight excluding hydrogens is 287 g/mol. The van der Waals surface area contributed by atoms with E-state index in [4.69, 9.17) is 11.6 Å². The van der Waals surface area contributed by atoms with Gasteiger partial charge in [0.25, 0.3) is 0 Å². The van der Waals surface area contributed by atoms with Crippen LogP contribution in [0.25, 0.3) is 0 Å².